The molecule has 0 atom stereocenters. The third-order valence-corrected chi connectivity index (χ3v) is 4.31. The lowest BCUT2D eigenvalue weighted by Gasteiger charge is -2.12. The second kappa shape index (κ2) is 7.55. The maximum Gasteiger partial charge on any atom is 0.416 e. The second-order valence-corrected chi connectivity index (χ2v) is 6.36. The quantitative estimate of drug-likeness (QED) is 0.421. The van der Waals surface area contributed by atoms with Gasteiger partial charge in [-0.25, -0.2) is 24.1 Å². The summed E-state index contributed by atoms with van der Waals surface area (Å²) in [5.41, 5.74) is 6.01. The molecule has 0 saturated carbocycles. The van der Waals surface area contributed by atoms with E-state index in [0.717, 1.165) is 0 Å². The summed E-state index contributed by atoms with van der Waals surface area (Å²) in [4.78, 5) is 24.3. The second-order valence-electron chi connectivity index (χ2n) is 6.36. The number of nitrogens with two attached hydrogens (primary N) is 1. The first-order valence-electron chi connectivity index (χ1n) is 8.71. The number of hydrogen-bond acceptors (Lipinski definition) is 5. The van der Waals surface area contributed by atoms with E-state index in [4.69, 9.17) is 5.73 Å². The van der Waals surface area contributed by atoms with Gasteiger partial charge in [-0.15, -0.1) is 0 Å². The maximum atomic E-state index is 13.8. The number of anilines is 3. The number of alkyl halides is 3. The van der Waals surface area contributed by atoms with E-state index in [1.54, 1.807) is 28.8 Å². The molecule has 158 valence electrons. The van der Waals surface area contributed by atoms with Crippen molar-refractivity contribution in [3.63, 3.8) is 0 Å². The van der Waals surface area contributed by atoms with Crippen LogP contribution in [0.15, 0.2) is 55.1 Å². The molecule has 4 rings (SSSR count). The molecule has 0 spiro atoms. The average molecular weight is 431 g/mol. The molecule has 0 saturated heterocycles. The molecule has 2 aromatic carbocycles. The molecule has 4 aromatic rings. The molecular weight excluding hydrogens is 418 g/mol. The number of aromatic nitrogens is 4. The van der Waals surface area contributed by atoms with E-state index in [2.05, 4.69) is 25.6 Å². The molecule has 2 amide bonds. The van der Waals surface area contributed by atoms with Crippen LogP contribution < -0.4 is 16.4 Å². The fourth-order valence-corrected chi connectivity index (χ4v) is 2.83. The molecule has 0 aliphatic rings. The van der Waals surface area contributed by atoms with Gasteiger partial charge < -0.3 is 16.4 Å². The van der Waals surface area contributed by atoms with Gasteiger partial charge in [-0.2, -0.15) is 13.2 Å². The molecule has 2 aromatic heterocycles. The number of nitrogen functional groups attached to an aromatic ring is 1. The highest BCUT2D eigenvalue weighted by Crippen LogP contribution is 2.32. The lowest BCUT2D eigenvalue weighted by molar-refractivity contribution is -0.137. The van der Waals surface area contributed by atoms with Crippen molar-refractivity contribution in [2.45, 2.75) is 6.18 Å². The van der Waals surface area contributed by atoms with Crippen molar-refractivity contribution in [1.82, 2.24) is 19.5 Å². The van der Waals surface area contributed by atoms with Crippen LogP contribution >= 0.6 is 0 Å². The highest BCUT2D eigenvalue weighted by atomic mass is 19.4. The molecule has 0 aliphatic carbocycles. The van der Waals surface area contributed by atoms with Crippen molar-refractivity contribution in [2.24, 2.45) is 0 Å². The Morgan fingerprint density at radius 2 is 1.74 bits per heavy atom. The number of nitrogens with zero attached hydrogens (tertiary/aromatic N) is 4. The van der Waals surface area contributed by atoms with Gasteiger partial charge in [-0.3, -0.25) is 4.57 Å². The normalized spacial score (nSPS) is 11.5. The van der Waals surface area contributed by atoms with Crippen LogP contribution in [0.3, 0.4) is 0 Å². The first-order valence-corrected chi connectivity index (χ1v) is 8.71. The standard InChI is InChI=1S/C19H13F4N7O/c20-13-6-1-10(19(21,22)23)7-14(13)29-18(31)28-11-2-4-12(5-3-11)30-9-27-15-16(24)25-8-26-17(15)30/h1-9H,(H2,24,25,26)(H2,28,29,31). The summed E-state index contributed by atoms with van der Waals surface area (Å²) in [7, 11) is 0. The summed E-state index contributed by atoms with van der Waals surface area (Å²) < 4.78 is 53.8. The largest absolute Gasteiger partial charge is 0.416 e. The van der Waals surface area contributed by atoms with Crippen LogP contribution in [0.4, 0.5) is 39.5 Å². The van der Waals surface area contributed by atoms with Crippen LogP contribution in [0.1, 0.15) is 5.56 Å². The Morgan fingerprint density at radius 3 is 2.45 bits per heavy atom. The number of imidazole rings is 1. The molecule has 0 fully saturated rings. The minimum absolute atomic E-state index is 0.237. The SMILES string of the molecule is Nc1ncnc2c1ncn2-c1ccc(NC(=O)Nc2cc(C(F)(F)F)ccc2F)cc1. The van der Waals surface area contributed by atoms with Crippen molar-refractivity contribution in [1.29, 1.82) is 0 Å². The van der Waals surface area contributed by atoms with Crippen molar-refractivity contribution in [3.05, 3.63) is 66.5 Å². The summed E-state index contributed by atoms with van der Waals surface area (Å²) in [5.74, 6) is -0.757. The number of carbonyl (C=O) groups is 1. The zero-order chi connectivity index (χ0) is 22.2. The Hall–Kier alpha value is -4.22. The zero-order valence-corrected chi connectivity index (χ0v) is 15.5. The number of fused-ring (bicyclic) bond motifs is 1. The Morgan fingerprint density at radius 1 is 1.00 bits per heavy atom. The van der Waals surface area contributed by atoms with Gasteiger partial charge in [0.2, 0.25) is 0 Å². The minimum atomic E-state index is -4.66. The summed E-state index contributed by atoms with van der Waals surface area (Å²) in [6.45, 7) is 0. The predicted molar refractivity (Wildman–Crippen MR) is 105 cm³/mol. The number of benzene rings is 2. The molecule has 2 heterocycles. The van der Waals surface area contributed by atoms with E-state index in [1.165, 1.54) is 12.7 Å². The van der Waals surface area contributed by atoms with E-state index in [1.807, 2.05) is 0 Å². The number of carbonyl (C=O) groups excluding carboxylic acids is 1. The Labute approximate surface area is 171 Å². The minimum Gasteiger partial charge on any atom is -0.382 e. The van der Waals surface area contributed by atoms with Gasteiger partial charge >= 0.3 is 12.2 Å². The third kappa shape index (κ3) is 4.08. The molecule has 0 bridgehead atoms. The van der Waals surface area contributed by atoms with Gasteiger partial charge in [0.05, 0.1) is 11.3 Å². The van der Waals surface area contributed by atoms with Crippen molar-refractivity contribution < 1.29 is 22.4 Å². The Kier molecular flexibility index (Phi) is 4.89. The van der Waals surface area contributed by atoms with Gasteiger partial charge in [-0.05, 0) is 42.5 Å². The van der Waals surface area contributed by atoms with Crippen LogP contribution in [0.2, 0.25) is 0 Å². The molecule has 4 N–H and O–H groups in total. The van der Waals surface area contributed by atoms with E-state index in [0.29, 0.717) is 40.7 Å². The topological polar surface area (TPSA) is 111 Å². The third-order valence-electron chi connectivity index (χ3n) is 4.31. The number of hydrogen-bond donors (Lipinski definition) is 3. The zero-order valence-electron chi connectivity index (χ0n) is 15.5. The predicted octanol–water partition coefficient (Wildman–Crippen LogP) is 4.20. The molecule has 12 heteroatoms. The number of amides is 2. The van der Waals surface area contributed by atoms with Gasteiger partial charge in [0.25, 0.3) is 0 Å². The number of nitrogens with one attached hydrogen (secondary N) is 2. The van der Waals surface area contributed by atoms with Crippen LogP contribution in [0, 0.1) is 5.82 Å². The lowest BCUT2D eigenvalue weighted by Crippen LogP contribution is -2.20. The van der Waals surface area contributed by atoms with Gasteiger partial charge in [0, 0.05) is 11.4 Å². The smallest absolute Gasteiger partial charge is 0.382 e. The molecule has 0 aliphatic heterocycles. The van der Waals surface area contributed by atoms with E-state index >= 15 is 0 Å². The Balaban J connectivity index is 1.49. The van der Waals surface area contributed by atoms with Crippen LogP contribution in [-0.4, -0.2) is 25.6 Å². The molecular formula is C19H13F4N7O. The van der Waals surface area contributed by atoms with E-state index in [-0.39, 0.29) is 5.82 Å². The summed E-state index contributed by atoms with van der Waals surface area (Å²) in [6.07, 6.45) is -1.84. The average Bonchev–Trinajstić information content (AvgIpc) is 3.15. The van der Waals surface area contributed by atoms with Gasteiger partial charge in [0.1, 0.15) is 18.5 Å². The number of urea groups is 1. The van der Waals surface area contributed by atoms with Gasteiger partial charge in [0.15, 0.2) is 17.0 Å². The highest BCUT2D eigenvalue weighted by Gasteiger charge is 2.31. The Bertz CT molecular complexity index is 1270. The lowest BCUT2D eigenvalue weighted by atomic mass is 10.2. The summed E-state index contributed by atoms with van der Waals surface area (Å²) >= 11 is 0. The summed E-state index contributed by atoms with van der Waals surface area (Å²) in [5, 5.41) is 4.50. The fraction of sp³-hybridized carbons (Fsp3) is 0.0526. The molecule has 0 radical (unpaired) electrons. The van der Waals surface area contributed by atoms with Gasteiger partial charge in [-0.1, -0.05) is 0 Å². The van der Waals surface area contributed by atoms with Crippen molar-refractivity contribution in [2.75, 3.05) is 16.4 Å². The van der Waals surface area contributed by atoms with Crippen LogP contribution in [0.5, 0.6) is 0 Å². The fourth-order valence-electron chi connectivity index (χ4n) is 2.83. The summed E-state index contributed by atoms with van der Waals surface area (Å²) in [6, 6.07) is 7.26. The first kappa shape index (κ1) is 20.1. The molecule has 0 unspecified atom stereocenters. The van der Waals surface area contributed by atoms with Crippen molar-refractivity contribution in [3.8, 4) is 5.69 Å². The van der Waals surface area contributed by atoms with E-state index in [9.17, 15) is 22.4 Å². The monoisotopic (exact) mass is 431 g/mol. The molecule has 8 nitrogen and oxygen atoms in total. The highest BCUT2D eigenvalue weighted by molar-refractivity contribution is 6.00. The number of rotatable bonds is 3. The van der Waals surface area contributed by atoms with Crippen LogP contribution in [0.25, 0.3) is 16.9 Å². The van der Waals surface area contributed by atoms with Crippen molar-refractivity contribution >= 4 is 34.4 Å². The maximum absolute atomic E-state index is 13.8. The number of halogens is 4. The van der Waals surface area contributed by atoms with E-state index < -0.39 is 29.3 Å². The first-order chi connectivity index (χ1) is 14.7. The van der Waals surface area contributed by atoms with Crippen LogP contribution in [-0.2, 0) is 6.18 Å². The molecule has 31 heavy (non-hydrogen) atoms.